The molecule has 0 aliphatic rings. The standard InChI is InChI=1S/C15H10Cl4O3/c1-22-14(20)15(21,8-2-4-10(16)12(18)6-8)9-3-5-11(17)13(19)7-9/h2-7,21H,1H3. The highest BCUT2D eigenvalue weighted by Crippen LogP contribution is 2.37. The highest BCUT2D eigenvalue weighted by atomic mass is 35.5. The fourth-order valence-corrected chi connectivity index (χ4v) is 2.59. The topological polar surface area (TPSA) is 46.5 Å². The van der Waals surface area contributed by atoms with Gasteiger partial charge in [-0.1, -0.05) is 58.5 Å². The summed E-state index contributed by atoms with van der Waals surface area (Å²) in [5, 5.41) is 12.0. The molecule has 0 radical (unpaired) electrons. The third-order valence-corrected chi connectivity index (χ3v) is 4.63. The van der Waals surface area contributed by atoms with Crippen LogP contribution in [0.5, 0.6) is 0 Å². The van der Waals surface area contributed by atoms with Crippen LogP contribution in [-0.2, 0) is 15.1 Å². The average Bonchev–Trinajstić information content (AvgIpc) is 2.51. The van der Waals surface area contributed by atoms with Gasteiger partial charge >= 0.3 is 5.97 Å². The minimum absolute atomic E-state index is 0.196. The Hall–Kier alpha value is -0.970. The largest absolute Gasteiger partial charge is 0.466 e. The van der Waals surface area contributed by atoms with Gasteiger partial charge in [-0.2, -0.15) is 0 Å². The second kappa shape index (κ2) is 6.65. The zero-order valence-corrected chi connectivity index (χ0v) is 14.3. The number of carbonyl (C=O) groups is 1. The molecule has 0 saturated carbocycles. The second-order valence-electron chi connectivity index (χ2n) is 4.46. The van der Waals surface area contributed by atoms with Crippen molar-refractivity contribution in [2.24, 2.45) is 0 Å². The summed E-state index contributed by atoms with van der Waals surface area (Å²) in [6, 6.07) is 8.70. The Morgan fingerprint density at radius 1 is 0.909 bits per heavy atom. The Labute approximate surface area is 147 Å². The molecule has 3 nitrogen and oxygen atoms in total. The van der Waals surface area contributed by atoms with Gasteiger partial charge in [0.1, 0.15) is 0 Å². The molecule has 116 valence electrons. The molecule has 0 bridgehead atoms. The Morgan fingerprint density at radius 3 is 1.64 bits per heavy atom. The Morgan fingerprint density at radius 2 is 1.32 bits per heavy atom. The fraction of sp³-hybridized carbons (Fsp3) is 0.133. The zero-order chi connectivity index (χ0) is 16.5. The van der Waals surface area contributed by atoms with E-state index in [0.717, 1.165) is 0 Å². The molecule has 0 aromatic heterocycles. The van der Waals surface area contributed by atoms with Crippen LogP contribution >= 0.6 is 46.4 Å². The lowest BCUT2D eigenvalue weighted by Crippen LogP contribution is -2.38. The van der Waals surface area contributed by atoms with Crippen LogP contribution in [0, 0.1) is 0 Å². The number of aliphatic hydroxyl groups is 1. The summed E-state index contributed by atoms with van der Waals surface area (Å²) >= 11 is 23.7. The number of rotatable bonds is 3. The molecule has 0 saturated heterocycles. The van der Waals surface area contributed by atoms with Crippen LogP contribution in [0.4, 0.5) is 0 Å². The number of benzene rings is 2. The van der Waals surface area contributed by atoms with E-state index in [0.29, 0.717) is 10.0 Å². The summed E-state index contributed by atoms with van der Waals surface area (Å²) in [6.07, 6.45) is 0. The van der Waals surface area contributed by atoms with E-state index in [-0.39, 0.29) is 21.2 Å². The van der Waals surface area contributed by atoms with Crippen LogP contribution in [0.3, 0.4) is 0 Å². The molecule has 1 N–H and O–H groups in total. The number of methoxy groups -OCH3 is 1. The van der Waals surface area contributed by atoms with Crippen molar-refractivity contribution in [3.8, 4) is 0 Å². The van der Waals surface area contributed by atoms with E-state index in [1.165, 1.54) is 43.5 Å². The van der Waals surface area contributed by atoms with Gasteiger partial charge in [-0.25, -0.2) is 4.79 Å². The normalized spacial score (nSPS) is 11.4. The summed E-state index contributed by atoms with van der Waals surface area (Å²) in [7, 11) is 1.17. The maximum atomic E-state index is 12.2. The van der Waals surface area contributed by atoms with Crippen molar-refractivity contribution in [3.63, 3.8) is 0 Å². The SMILES string of the molecule is COC(=O)C(O)(c1ccc(Cl)c(Cl)c1)c1ccc(Cl)c(Cl)c1. The van der Waals surface area contributed by atoms with Crippen LogP contribution in [0.15, 0.2) is 36.4 Å². The third-order valence-electron chi connectivity index (χ3n) is 3.16. The monoisotopic (exact) mass is 378 g/mol. The predicted octanol–water partition coefficient (Wildman–Crippen LogP) is 4.71. The van der Waals surface area contributed by atoms with Crippen LogP contribution in [0.1, 0.15) is 11.1 Å². The van der Waals surface area contributed by atoms with Crippen molar-refractivity contribution in [3.05, 3.63) is 67.6 Å². The van der Waals surface area contributed by atoms with E-state index in [1.54, 1.807) is 0 Å². The minimum Gasteiger partial charge on any atom is -0.466 e. The first-order chi connectivity index (χ1) is 10.3. The molecular formula is C15H10Cl4O3. The first-order valence-corrected chi connectivity index (χ1v) is 7.53. The second-order valence-corrected chi connectivity index (χ2v) is 6.09. The van der Waals surface area contributed by atoms with Gasteiger partial charge in [-0.15, -0.1) is 0 Å². The van der Waals surface area contributed by atoms with Gasteiger partial charge in [0, 0.05) is 11.1 Å². The quantitative estimate of drug-likeness (QED) is 0.785. The van der Waals surface area contributed by atoms with Gasteiger partial charge in [-0.05, 0) is 24.3 Å². The van der Waals surface area contributed by atoms with Crippen molar-refractivity contribution >= 4 is 52.4 Å². The molecule has 2 aromatic rings. The van der Waals surface area contributed by atoms with E-state index in [9.17, 15) is 9.90 Å². The van der Waals surface area contributed by atoms with Crippen molar-refractivity contribution in [1.82, 2.24) is 0 Å². The molecule has 7 heteroatoms. The van der Waals surface area contributed by atoms with Gasteiger partial charge in [-0.3, -0.25) is 0 Å². The molecule has 0 amide bonds. The molecule has 0 aliphatic carbocycles. The summed E-state index contributed by atoms with van der Waals surface area (Å²) in [5.74, 6) is -0.885. The summed E-state index contributed by atoms with van der Waals surface area (Å²) in [6.45, 7) is 0. The molecule has 0 aliphatic heterocycles. The third kappa shape index (κ3) is 3.05. The lowest BCUT2D eigenvalue weighted by atomic mass is 9.86. The number of halogens is 4. The molecule has 2 aromatic carbocycles. The van der Waals surface area contributed by atoms with Crippen molar-refractivity contribution < 1.29 is 14.6 Å². The maximum Gasteiger partial charge on any atom is 0.347 e. The van der Waals surface area contributed by atoms with Crippen LogP contribution in [-0.4, -0.2) is 18.2 Å². The molecular weight excluding hydrogens is 370 g/mol. The van der Waals surface area contributed by atoms with Crippen molar-refractivity contribution in [1.29, 1.82) is 0 Å². The van der Waals surface area contributed by atoms with Gasteiger partial charge < -0.3 is 9.84 Å². The maximum absolute atomic E-state index is 12.2. The molecule has 0 heterocycles. The van der Waals surface area contributed by atoms with Crippen LogP contribution < -0.4 is 0 Å². The Balaban J connectivity index is 2.68. The van der Waals surface area contributed by atoms with E-state index < -0.39 is 11.6 Å². The van der Waals surface area contributed by atoms with Crippen molar-refractivity contribution in [2.45, 2.75) is 5.60 Å². The predicted molar refractivity (Wildman–Crippen MR) is 87.9 cm³/mol. The first-order valence-electron chi connectivity index (χ1n) is 6.02. The Kier molecular flexibility index (Phi) is 5.25. The average molecular weight is 380 g/mol. The summed E-state index contributed by atoms with van der Waals surface area (Å²) in [4.78, 5) is 12.2. The van der Waals surface area contributed by atoms with E-state index in [4.69, 9.17) is 51.1 Å². The Bertz CT molecular complexity index is 679. The number of hydrogen-bond acceptors (Lipinski definition) is 3. The number of hydrogen-bond donors (Lipinski definition) is 1. The zero-order valence-electron chi connectivity index (χ0n) is 11.2. The number of ether oxygens (including phenoxy) is 1. The van der Waals surface area contributed by atoms with Gasteiger partial charge in [0.2, 0.25) is 5.60 Å². The lowest BCUT2D eigenvalue weighted by molar-refractivity contribution is -0.158. The highest BCUT2D eigenvalue weighted by molar-refractivity contribution is 6.42. The smallest absolute Gasteiger partial charge is 0.347 e. The van der Waals surface area contributed by atoms with Crippen molar-refractivity contribution in [2.75, 3.05) is 7.11 Å². The number of esters is 1. The highest BCUT2D eigenvalue weighted by Gasteiger charge is 2.42. The molecule has 2 rings (SSSR count). The summed E-state index contributed by atoms with van der Waals surface area (Å²) in [5.41, 5.74) is -1.68. The minimum atomic E-state index is -2.09. The van der Waals surface area contributed by atoms with E-state index in [1.807, 2.05) is 0 Å². The molecule has 0 fully saturated rings. The lowest BCUT2D eigenvalue weighted by Gasteiger charge is -2.27. The van der Waals surface area contributed by atoms with Crippen LogP contribution in [0.2, 0.25) is 20.1 Å². The fourth-order valence-electron chi connectivity index (χ4n) is 1.99. The van der Waals surface area contributed by atoms with Gasteiger partial charge in [0.05, 0.1) is 27.2 Å². The first kappa shape index (κ1) is 17.4. The molecule has 22 heavy (non-hydrogen) atoms. The molecule has 0 unspecified atom stereocenters. The molecule has 0 spiro atoms. The summed E-state index contributed by atoms with van der Waals surface area (Å²) < 4.78 is 4.72. The van der Waals surface area contributed by atoms with E-state index >= 15 is 0 Å². The van der Waals surface area contributed by atoms with Crippen LogP contribution in [0.25, 0.3) is 0 Å². The molecule has 0 atom stereocenters. The van der Waals surface area contributed by atoms with Gasteiger partial charge in [0.25, 0.3) is 0 Å². The number of carbonyl (C=O) groups excluding carboxylic acids is 1. The van der Waals surface area contributed by atoms with E-state index in [2.05, 4.69) is 0 Å². The van der Waals surface area contributed by atoms with Gasteiger partial charge in [0.15, 0.2) is 0 Å².